The van der Waals surface area contributed by atoms with Crippen molar-refractivity contribution in [2.45, 2.75) is 6.04 Å². The first-order chi connectivity index (χ1) is 8.20. The van der Waals surface area contributed by atoms with Crippen molar-refractivity contribution >= 4 is 11.6 Å². The average Bonchev–Trinajstić information content (AvgIpc) is 2.39. The predicted octanol–water partition coefficient (Wildman–Crippen LogP) is -0.0520. The Morgan fingerprint density at radius 1 is 1.53 bits per heavy atom. The molecule has 1 aromatic heterocycles. The minimum atomic E-state index is -0.0816. The number of nitrogens with one attached hydrogen (secondary N) is 1. The summed E-state index contributed by atoms with van der Waals surface area (Å²) in [6.07, 6.45) is 3.39. The largest absolute Gasteiger partial charge is 0.314 e. The van der Waals surface area contributed by atoms with E-state index in [9.17, 15) is 4.79 Å². The first kappa shape index (κ1) is 12.0. The zero-order chi connectivity index (χ0) is 12.3. The first-order valence-electron chi connectivity index (χ1n) is 5.78. The molecule has 1 amide bonds. The zero-order valence-corrected chi connectivity index (χ0v) is 10.3. The topological polar surface area (TPSA) is 48.5 Å². The standard InChI is InChI=1S/C12H18N4O/c1-15-8-7-14-9-11(15)12(17)16(2)10-3-5-13-6-4-10/h3-6,11,14H,7-9H2,1-2H3. The molecular formula is C12H18N4O. The molecule has 1 aromatic rings. The second kappa shape index (κ2) is 5.25. The van der Waals surface area contributed by atoms with E-state index in [1.165, 1.54) is 0 Å². The van der Waals surface area contributed by atoms with Gasteiger partial charge in [0, 0.05) is 44.8 Å². The normalized spacial score (nSPS) is 21.2. The minimum absolute atomic E-state index is 0.0816. The Labute approximate surface area is 101 Å². The monoisotopic (exact) mass is 234 g/mol. The maximum atomic E-state index is 12.3. The van der Waals surface area contributed by atoms with Crippen LogP contribution < -0.4 is 10.2 Å². The van der Waals surface area contributed by atoms with Gasteiger partial charge in [0.2, 0.25) is 5.91 Å². The Balaban J connectivity index is 2.09. The van der Waals surface area contributed by atoms with Gasteiger partial charge in [-0.05, 0) is 19.2 Å². The molecule has 1 fully saturated rings. The number of hydrogen-bond donors (Lipinski definition) is 1. The van der Waals surface area contributed by atoms with Crippen LogP contribution in [-0.2, 0) is 4.79 Å². The molecule has 1 aliphatic rings. The van der Waals surface area contributed by atoms with Gasteiger partial charge >= 0.3 is 0 Å². The molecule has 0 bridgehead atoms. The van der Waals surface area contributed by atoms with Gasteiger partial charge in [-0.15, -0.1) is 0 Å². The maximum absolute atomic E-state index is 12.3. The fourth-order valence-corrected chi connectivity index (χ4v) is 2.00. The fourth-order valence-electron chi connectivity index (χ4n) is 2.00. The van der Waals surface area contributed by atoms with Crippen molar-refractivity contribution in [2.24, 2.45) is 0 Å². The molecule has 0 radical (unpaired) electrons. The van der Waals surface area contributed by atoms with Gasteiger partial charge in [0.25, 0.3) is 0 Å². The summed E-state index contributed by atoms with van der Waals surface area (Å²) in [7, 11) is 3.80. The van der Waals surface area contributed by atoms with E-state index in [4.69, 9.17) is 0 Å². The van der Waals surface area contributed by atoms with E-state index in [1.54, 1.807) is 24.3 Å². The van der Waals surface area contributed by atoms with Gasteiger partial charge in [0.05, 0.1) is 0 Å². The van der Waals surface area contributed by atoms with E-state index < -0.39 is 0 Å². The van der Waals surface area contributed by atoms with Crippen LogP contribution in [0.25, 0.3) is 0 Å². The Kier molecular flexibility index (Phi) is 3.71. The van der Waals surface area contributed by atoms with Gasteiger partial charge in [-0.1, -0.05) is 0 Å². The third-order valence-electron chi connectivity index (χ3n) is 3.18. The molecular weight excluding hydrogens is 216 g/mol. The van der Waals surface area contributed by atoms with Gasteiger partial charge in [0.15, 0.2) is 0 Å². The molecule has 1 aliphatic heterocycles. The highest BCUT2D eigenvalue weighted by molar-refractivity contribution is 5.96. The molecule has 1 unspecified atom stereocenters. The summed E-state index contributed by atoms with van der Waals surface area (Å²) in [6.45, 7) is 2.56. The number of nitrogens with zero attached hydrogens (tertiary/aromatic N) is 3. The summed E-state index contributed by atoms with van der Waals surface area (Å²) in [4.78, 5) is 20.1. The van der Waals surface area contributed by atoms with Gasteiger partial charge in [0.1, 0.15) is 6.04 Å². The summed E-state index contributed by atoms with van der Waals surface area (Å²) in [5, 5.41) is 3.25. The Morgan fingerprint density at radius 3 is 2.88 bits per heavy atom. The lowest BCUT2D eigenvalue weighted by Gasteiger charge is -2.34. The first-order valence-corrected chi connectivity index (χ1v) is 5.78. The van der Waals surface area contributed by atoms with Crippen LogP contribution in [0.4, 0.5) is 5.69 Å². The van der Waals surface area contributed by atoms with Crippen LogP contribution >= 0.6 is 0 Å². The number of hydrogen-bond acceptors (Lipinski definition) is 4. The van der Waals surface area contributed by atoms with Crippen LogP contribution in [0.1, 0.15) is 0 Å². The highest BCUT2D eigenvalue weighted by Gasteiger charge is 2.28. The van der Waals surface area contributed by atoms with Crippen LogP contribution in [0, 0.1) is 0 Å². The third kappa shape index (κ3) is 2.62. The van der Waals surface area contributed by atoms with Crippen LogP contribution in [-0.4, -0.2) is 55.6 Å². The van der Waals surface area contributed by atoms with Crippen molar-refractivity contribution < 1.29 is 4.79 Å². The third-order valence-corrected chi connectivity index (χ3v) is 3.18. The van der Waals surface area contributed by atoms with Gasteiger partial charge < -0.3 is 10.2 Å². The molecule has 17 heavy (non-hydrogen) atoms. The van der Waals surface area contributed by atoms with Crippen molar-refractivity contribution in [1.82, 2.24) is 15.2 Å². The molecule has 0 spiro atoms. The van der Waals surface area contributed by atoms with E-state index in [-0.39, 0.29) is 11.9 Å². The predicted molar refractivity (Wildman–Crippen MR) is 66.9 cm³/mol. The van der Waals surface area contributed by atoms with Gasteiger partial charge in [-0.25, -0.2) is 0 Å². The van der Waals surface area contributed by atoms with Crippen LogP contribution in [0.15, 0.2) is 24.5 Å². The second-order valence-corrected chi connectivity index (χ2v) is 4.30. The summed E-state index contributed by atoms with van der Waals surface area (Å²) in [6, 6.07) is 3.60. The van der Waals surface area contributed by atoms with Crippen molar-refractivity contribution in [3.05, 3.63) is 24.5 Å². The molecule has 5 nitrogen and oxygen atoms in total. The minimum Gasteiger partial charge on any atom is -0.314 e. The van der Waals surface area contributed by atoms with Gasteiger partial charge in [-0.2, -0.15) is 0 Å². The number of likely N-dealkylation sites (N-methyl/N-ethyl adjacent to an activating group) is 2. The summed E-state index contributed by atoms with van der Waals surface area (Å²) < 4.78 is 0. The lowest BCUT2D eigenvalue weighted by atomic mass is 10.1. The second-order valence-electron chi connectivity index (χ2n) is 4.30. The lowest BCUT2D eigenvalue weighted by molar-refractivity contribution is -0.123. The van der Waals surface area contributed by atoms with Crippen molar-refractivity contribution in [3.63, 3.8) is 0 Å². The van der Waals surface area contributed by atoms with Crippen LogP contribution in [0.3, 0.4) is 0 Å². The highest BCUT2D eigenvalue weighted by Crippen LogP contribution is 2.13. The lowest BCUT2D eigenvalue weighted by Crippen LogP contribution is -2.56. The molecule has 0 aromatic carbocycles. The van der Waals surface area contributed by atoms with Crippen molar-refractivity contribution in [3.8, 4) is 0 Å². The molecule has 2 rings (SSSR count). The number of anilines is 1. The number of piperazine rings is 1. The van der Waals surface area contributed by atoms with Crippen LogP contribution in [0.2, 0.25) is 0 Å². The molecule has 1 N–H and O–H groups in total. The van der Waals surface area contributed by atoms with E-state index in [0.717, 1.165) is 18.8 Å². The Bertz CT molecular complexity index is 381. The number of aromatic nitrogens is 1. The average molecular weight is 234 g/mol. The van der Waals surface area contributed by atoms with E-state index in [2.05, 4.69) is 15.2 Å². The molecule has 0 saturated carbocycles. The molecule has 92 valence electrons. The quantitative estimate of drug-likeness (QED) is 0.779. The van der Waals surface area contributed by atoms with E-state index in [1.807, 2.05) is 19.2 Å². The Hall–Kier alpha value is -1.46. The van der Waals surface area contributed by atoms with Gasteiger partial charge in [-0.3, -0.25) is 14.7 Å². The van der Waals surface area contributed by atoms with Crippen molar-refractivity contribution in [2.75, 3.05) is 38.6 Å². The molecule has 5 heteroatoms. The Morgan fingerprint density at radius 2 is 2.24 bits per heavy atom. The highest BCUT2D eigenvalue weighted by atomic mass is 16.2. The van der Waals surface area contributed by atoms with E-state index >= 15 is 0 Å². The molecule has 1 saturated heterocycles. The number of amides is 1. The van der Waals surface area contributed by atoms with Crippen LogP contribution in [0.5, 0.6) is 0 Å². The summed E-state index contributed by atoms with van der Waals surface area (Å²) in [5.41, 5.74) is 0.879. The number of pyridine rings is 1. The molecule has 0 aliphatic carbocycles. The number of rotatable bonds is 2. The zero-order valence-electron chi connectivity index (χ0n) is 10.3. The maximum Gasteiger partial charge on any atom is 0.245 e. The van der Waals surface area contributed by atoms with Crippen molar-refractivity contribution in [1.29, 1.82) is 0 Å². The SMILES string of the molecule is CN(C(=O)C1CNCCN1C)c1ccncc1. The molecule has 2 heterocycles. The molecule has 1 atom stereocenters. The van der Waals surface area contributed by atoms with E-state index in [0.29, 0.717) is 6.54 Å². The number of carbonyl (C=O) groups excluding carboxylic acids is 1. The summed E-state index contributed by atoms with van der Waals surface area (Å²) in [5.74, 6) is 0.117. The smallest absolute Gasteiger partial charge is 0.245 e. The summed E-state index contributed by atoms with van der Waals surface area (Å²) >= 11 is 0. The number of carbonyl (C=O) groups is 1. The fraction of sp³-hybridized carbons (Fsp3) is 0.500.